The Morgan fingerprint density at radius 3 is 1.95 bits per heavy atom. The van der Waals surface area contributed by atoms with Crippen molar-refractivity contribution in [2.45, 2.75) is 66.4 Å². The van der Waals surface area contributed by atoms with E-state index in [4.69, 9.17) is 27.9 Å². The minimum atomic E-state index is -1.37. The van der Waals surface area contributed by atoms with Crippen LogP contribution in [0.15, 0.2) is 48.5 Å². The van der Waals surface area contributed by atoms with E-state index in [-0.39, 0.29) is 11.5 Å². The van der Waals surface area contributed by atoms with Crippen molar-refractivity contribution in [2.75, 3.05) is 6.61 Å². The maximum Gasteiger partial charge on any atom is 0.251 e. The molecule has 0 radical (unpaired) electrons. The summed E-state index contributed by atoms with van der Waals surface area (Å²) in [7, 11) is 0. The number of ether oxygens (including phenoxy) is 1. The lowest BCUT2D eigenvalue weighted by Gasteiger charge is -2.44. The van der Waals surface area contributed by atoms with E-state index in [2.05, 4.69) is 10.6 Å². The highest BCUT2D eigenvalue weighted by Gasteiger charge is 2.47. The molecule has 0 bridgehead atoms. The van der Waals surface area contributed by atoms with Gasteiger partial charge in [0.15, 0.2) is 0 Å². The lowest BCUT2D eigenvalue weighted by Crippen LogP contribution is -2.64. The molecule has 2 aliphatic rings. The standard InChI is InChI=1S/C26H30Cl2N2O7S/c27-15-8-4-13(5-9-15)24(35)29-17-2-1-3-19(21(17)32)38-26-23(34)20(22(33)18(12-31)37-26)30-25(36)14-6-10-16(28)11-7-14/h4-11,17-23,26,31-34H,1-3,12H2,(H,29,35)(H,30,36)/t17?,18?,19-,20?,21?,22+,23+,26+/m1/s1. The van der Waals surface area contributed by atoms with Gasteiger partial charge in [0, 0.05) is 26.4 Å². The van der Waals surface area contributed by atoms with Gasteiger partial charge in [-0.2, -0.15) is 0 Å². The summed E-state index contributed by atoms with van der Waals surface area (Å²) in [5.41, 5.74) is -0.259. The van der Waals surface area contributed by atoms with Crippen LogP contribution in [0.25, 0.3) is 0 Å². The van der Waals surface area contributed by atoms with Crippen LogP contribution in [-0.2, 0) is 4.74 Å². The van der Waals surface area contributed by atoms with E-state index >= 15 is 0 Å². The fraction of sp³-hybridized carbons (Fsp3) is 0.462. The zero-order chi connectivity index (χ0) is 27.4. The molecule has 2 aromatic carbocycles. The molecule has 2 amide bonds. The first-order valence-corrected chi connectivity index (χ1v) is 14.0. The predicted molar refractivity (Wildman–Crippen MR) is 144 cm³/mol. The highest BCUT2D eigenvalue weighted by atomic mass is 35.5. The molecule has 2 fully saturated rings. The van der Waals surface area contributed by atoms with Crippen molar-refractivity contribution in [3.8, 4) is 0 Å². The van der Waals surface area contributed by atoms with Crippen LogP contribution in [0.2, 0.25) is 10.0 Å². The first-order valence-electron chi connectivity index (χ1n) is 12.3. The molecule has 1 aliphatic heterocycles. The summed E-state index contributed by atoms with van der Waals surface area (Å²) in [5, 5.41) is 48.7. The Morgan fingerprint density at radius 1 is 0.842 bits per heavy atom. The molecule has 4 rings (SSSR count). The van der Waals surface area contributed by atoms with Gasteiger partial charge in [0.05, 0.1) is 24.8 Å². The van der Waals surface area contributed by atoms with Gasteiger partial charge in [0.25, 0.3) is 11.8 Å². The summed E-state index contributed by atoms with van der Waals surface area (Å²) in [4.78, 5) is 25.4. The van der Waals surface area contributed by atoms with Gasteiger partial charge in [-0.15, -0.1) is 11.8 Å². The number of thioether (sulfide) groups is 1. The summed E-state index contributed by atoms with van der Waals surface area (Å²) < 4.78 is 5.77. The Kier molecular flexibility index (Phi) is 9.94. The normalized spacial score (nSPS) is 31.4. The van der Waals surface area contributed by atoms with Gasteiger partial charge in [-0.3, -0.25) is 9.59 Å². The van der Waals surface area contributed by atoms with Crippen LogP contribution in [0.3, 0.4) is 0 Å². The van der Waals surface area contributed by atoms with E-state index in [1.54, 1.807) is 36.4 Å². The van der Waals surface area contributed by atoms with Gasteiger partial charge in [0.1, 0.15) is 23.7 Å². The summed E-state index contributed by atoms with van der Waals surface area (Å²) in [6.07, 6.45) is -2.83. The SMILES string of the molecule is O=C(NC1CCC[C@@H](S[C@@H]2OC(CO)[C@H](O)C(NC(=O)c3ccc(Cl)cc3)[C@@H]2O)C1O)c1ccc(Cl)cc1. The smallest absolute Gasteiger partial charge is 0.251 e. The Balaban J connectivity index is 1.42. The van der Waals surface area contributed by atoms with E-state index in [0.29, 0.717) is 34.9 Å². The number of benzene rings is 2. The number of hydrogen-bond donors (Lipinski definition) is 6. The van der Waals surface area contributed by atoms with Gasteiger partial charge in [-0.1, -0.05) is 29.6 Å². The van der Waals surface area contributed by atoms with Crippen molar-refractivity contribution in [1.82, 2.24) is 10.6 Å². The molecule has 12 heteroatoms. The number of hydrogen-bond acceptors (Lipinski definition) is 8. The Morgan fingerprint density at radius 2 is 1.39 bits per heavy atom. The van der Waals surface area contributed by atoms with E-state index in [1.165, 1.54) is 12.1 Å². The molecule has 1 heterocycles. The molecule has 1 saturated carbocycles. The van der Waals surface area contributed by atoms with Crippen molar-refractivity contribution in [3.63, 3.8) is 0 Å². The second-order valence-electron chi connectivity index (χ2n) is 9.40. The van der Waals surface area contributed by atoms with Crippen molar-refractivity contribution in [2.24, 2.45) is 0 Å². The average Bonchev–Trinajstić information content (AvgIpc) is 2.91. The molecular weight excluding hydrogens is 555 g/mol. The van der Waals surface area contributed by atoms with Gasteiger partial charge in [0.2, 0.25) is 0 Å². The number of amides is 2. The molecule has 1 saturated heterocycles. The van der Waals surface area contributed by atoms with Crippen LogP contribution in [0.5, 0.6) is 0 Å². The molecule has 1 aliphatic carbocycles. The molecule has 38 heavy (non-hydrogen) atoms. The fourth-order valence-electron chi connectivity index (χ4n) is 4.68. The summed E-state index contributed by atoms with van der Waals surface area (Å²) in [6.45, 7) is -0.536. The zero-order valence-electron chi connectivity index (χ0n) is 20.2. The Labute approximate surface area is 234 Å². The third kappa shape index (κ3) is 6.81. The third-order valence-corrected chi connectivity index (χ3v) is 8.84. The van der Waals surface area contributed by atoms with Gasteiger partial charge in [-0.25, -0.2) is 0 Å². The lowest BCUT2D eigenvalue weighted by atomic mass is 9.91. The van der Waals surface area contributed by atoms with Crippen LogP contribution < -0.4 is 10.6 Å². The zero-order valence-corrected chi connectivity index (χ0v) is 22.6. The molecule has 9 nitrogen and oxygen atoms in total. The second-order valence-corrected chi connectivity index (χ2v) is 11.6. The molecule has 4 unspecified atom stereocenters. The highest BCUT2D eigenvalue weighted by Crippen LogP contribution is 2.37. The van der Waals surface area contributed by atoms with Crippen LogP contribution >= 0.6 is 35.0 Å². The number of aliphatic hydroxyl groups is 4. The molecule has 0 aromatic heterocycles. The number of nitrogens with one attached hydrogen (secondary N) is 2. The predicted octanol–water partition coefficient (Wildman–Crippen LogP) is 1.98. The topological polar surface area (TPSA) is 148 Å². The van der Waals surface area contributed by atoms with Gasteiger partial charge in [-0.05, 0) is 61.4 Å². The Bertz CT molecular complexity index is 1110. The maximum absolute atomic E-state index is 12.8. The summed E-state index contributed by atoms with van der Waals surface area (Å²) in [6, 6.07) is 10.9. The minimum Gasteiger partial charge on any atom is -0.394 e. The Hall–Kier alpha value is -1.89. The van der Waals surface area contributed by atoms with Crippen molar-refractivity contribution >= 4 is 46.8 Å². The van der Waals surface area contributed by atoms with Crippen molar-refractivity contribution < 1.29 is 34.8 Å². The number of carbonyl (C=O) groups excluding carboxylic acids is 2. The van der Waals surface area contributed by atoms with Crippen molar-refractivity contribution in [1.29, 1.82) is 0 Å². The van der Waals surface area contributed by atoms with Crippen LogP contribution in [0, 0.1) is 0 Å². The largest absolute Gasteiger partial charge is 0.394 e. The minimum absolute atomic E-state index is 0.284. The molecule has 6 N–H and O–H groups in total. The third-order valence-electron chi connectivity index (χ3n) is 6.82. The number of rotatable bonds is 7. The monoisotopic (exact) mass is 584 g/mol. The first-order chi connectivity index (χ1) is 18.2. The number of halogens is 2. The fourth-order valence-corrected chi connectivity index (χ4v) is 6.46. The summed E-state index contributed by atoms with van der Waals surface area (Å²) in [5.74, 6) is -0.867. The molecule has 2 aromatic rings. The van der Waals surface area contributed by atoms with E-state index in [0.717, 1.165) is 11.8 Å². The quantitative estimate of drug-likeness (QED) is 0.289. The molecule has 206 valence electrons. The van der Waals surface area contributed by atoms with E-state index < -0.39 is 59.7 Å². The molecule has 0 spiro atoms. The van der Waals surface area contributed by atoms with Crippen molar-refractivity contribution in [3.05, 3.63) is 69.7 Å². The average molecular weight is 586 g/mol. The van der Waals surface area contributed by atoms with Crippen LogP contribution in [0.1, 0.15) is 40.0 Å². The van der Waals surface area contributed by atoms with Gasteiger partial charge < -0.3 is 35.8 Å². The molecule has 8 atom stereocenters. The first kappa shape index (κ1) is 29.1. The number of aliphatic hydroxyl groups excluding tert-OH is 4. The number of carbonyl (C=O) groups is 2. The molecular formula is C26H30Cl2N2O7S. The van der Waals surface area contributed by atoms with Crippen LogP contribution in [-0.4, -0.2) is 86.0 Å². The second kappa shape index (κ2) is 13.0. The maximum atomic E-state index is 12.8. The van der Waals surface area contributed by atoms with Gasteiger partial charge >= 0.3 is 0 Å². The van der Waals surface area contributed by atoms with E-state index in [9.17, 15) is 30.0 Å². The van der Waals surface area contributed by atoms with Crippen LogP contribution in [0.4, 0.5) is 0 Å². The lowest BCUT2D eigenvalue weighted by molar-refractivity contribution is -0.164. The highest BCUT2D eigenvalue weighted by molar-refractivity contribution is 8.00. The van der Waals surface area contributed by atoms with E-state index in [1.807, 2.05) is 0 Å². The summed E-state index contributed by atoms with van der Waals surface area (Å²) >= 11 is 12.9.